The van der Waals surface area contributed by atoms with E-state index >= 15 is 0 Å². The van der Waals surface area contributed by atoms with Crippen molar-refractivity contribution in [1.82, 2.24) is 5.06 Å². The van der Waals surface area contributed by atoms with Crippen LogP contribution < -0.4 is 0 Å². The molecular formula is C20H39NO7Si. The van der Waals surface area contributed by atoms with Crippen molar-refractivity contribution in [2.45, 2.75) is 98.1 Å². The summed E-state index contributed by atoms with van der Waals surface area (Å²) in [6.07, 6.45) is -1.97. The van der Waals surface area contributed by atoms with E-state index in [0.717, 1.165) is 0 Å². The standard InChI is InChI=1S/C20H39NO7Si/c1-18(2,3)26-16(23)21(28-17(24)27-19(4,5)6)13-12-15(22)14-25-29(10,11)20(7,8)9/h12-14H2,1-11H3. The summed E-state index contributed by atoms with van der Waals surface area (Å²) in [5, 5.41) is 0.694. The summed E-state index contributed by atoms with van der Waals surface area (Å²) in [6, 6.07) is 0. The summed E-state index contributed by atoms with van der Waals surface area (Å²) < 4.78 is 16.2. The molecule has 29 heavy (non-hydrogen) atoms. The van der Waals surface area contributed by atoms with E-state index in [1.807, 2.05) is 0 Å². The van der Waals surface area contributed by atoms with Gasteiger partial charge in [-0.25, -0.2) is 9.59 Å². The Bertz CT molecular complexity index is 583. The summed E-state index contributed by atoms with van der Waals surface area (Å²) in [5.41, 5.74) is -1.58. The van der Waals surface area contributed by atoms with E-state index in [1.165, 1.54) is 0 Å². The van der Waals surface area contributed by atoms with Crippen molar-refractivity contribution in [2.75, 3.05) is 13.2 Å². The predicted octanol–water partition coefficient (Wildman–Crippen LogP) is 5.07. The number of amides is 1. The van der Waals surface area contributed by atoms with Gasteiger partial charge in [0, 0.05) is 6.42 Å². The molecule has 0 atom stereocenters. The van der Waals surface area contributed by atoms with Gasteiger partial charge in [-0.2, -0.15) is 0 Å². The van der Waals surface area contributed by atoms with Gasteiger partial charge in [-0.1, -0.05) is 20.8 Å². The summed E-state index contributed by atoms with van der Waals surface area (Å²) in [4.78, 5) is 41.6. The highest BCUT2D eigenvalue weighted by atomic mass is 28.4. The molecule has 0 N–H and O–H groups in total. The van der Waals surface area contributed by atoms with Crippen molar-refractivity contribution in [3.05, 3.63) is 0 Å². The van der Waals surface area contributed by atoms with Gasteiger partial charge in [0.25, 0.3) is 0 Å². The van der Waals surface area contributed by atoms with Crippen molar-refractivity contribution in [2.24, 2.45) is 0 Å². The molecular weight excluding hydrogens is 394 g/mol. The Morgan fingerprint density at radius 1 is 0.828 bits per heavy atom. The van der Waals surface area contributed by atoms with E-state index in [9.17, 15) is 14.4 Å². The SMILES string of the molecule is CC(C)(C)OC(=O)ON(CCC(=O)CO[Si](C)(C)C(C)(C)C)C(=O)OC(C)(C)C. The Morgan fingerprint density at radius 2 is 1.31 bits per heavy atom. The maximum Gasteiger partial charge on any atom is 0.534 e. The van der Waals surface area contributed by atoms with Crippen LogP contribution in [-0.4, -0.2) is 55.8 Å². The average molecular weight is 434 g/mol. The fraction of sp³-hybridized carbons (Fsp3) is 0.850. The summed E-state index contributed by atoms with van der Waals surface area (Å²) in [7, 11) is -2.06. The van der Waals surface area contributed by atoms with Gasteiger partial charge < -0.3 is 18.7 Å². The van der Waals surface area contributed by atoms with E-state index < -0.39 is 31.8 Å². The smallest absolute Gasteiger partial charge is 0.442 e. The number of ether oxygens (including phenoxy) is 2. The van der Waals surface area contributed by atoms with Crippen molar-refractivity contribution in [1.29, 1.82) is 0 Å². The van der Waals surface area contributed by atoms with Crippen LogP contribution in [0.25, 0.3) is 0 Å². The number of Topliss-reactive ketones (excluding diaryl/α,β-unsaturated/α-hetero) is 1. The molecule has 170 valence electrons. The molecule has 0 fully saturated rings. The van der Waals surface area contributed by atoms with Crippen LogP contribution in [-0.2, 0) is 23.5 Å². The van der Waals surface area contributed by atoms with Crippen molar-refractivity contribution < 1.29 is 33.1 Å². The molecule has 0 spiro atoms. The monoisotopic (exact) mass is 433 g/mol. The fourth-order valence-corrected chi connectivity index (χ4v) is 2.58. The second kappa shape index (κ2) is 9.93. The Labute approximate surface area is 176 Å². The van der Waals surface area contributed by atoms with E-state index in [-0.39, 0.29) is 30.4 Å². The lowest BCUT2D eigenvalue weighted by Crippen LogP contribution is -2.43. The lowest BCUT2D eigenvalue weighted by Gasteiger charge is -2.35. The normalized spacial score (nSPS) is 12.9. The highest BCUT2D eigenvalue weighted by Gasteiger charge is 2.37. The van der Waals surface area contributed by atoms with Gasteiger partial charge in [-0.3, -0.25) is 4.79 Å². The van der Waals surface area contributed by atoms with Gasteiger partial charge in [0.15, 0.2) is 14.1 Å². The van der Waals surface area contributed by atoms with Crippen molar-refractivity contribution in [3.8, 4) is 0 Å². The molecule has 0 heterocycles. The summed E-state index contributed by atoms with van der Waals surface area (Å²) in [6.45, 7) is 20.2. The third kappa shape index (κ3) is 11.9. The van der Waals surface area contributed by atoms with Crippen LogP contribution in [0, 0.1) is 0 Å². The third-order valence-electron chi connectivity index (χ3n) is 4.17. The first-order valence-corrected chi connectivity index (χ1v) is 12.7. The van der Waals surface area contributed by atoms with Crippen LogP contribution in [0.4, 0.5) is 9.59 Å². The van der Waals surface area contributed by atoms with E-state index in [1.54, 1.807) is 41.5 Å². The second-order valence-electron chi connectivity index (χ2n) is 10.5. The first-order chi connectivity index (χ1) is 12.7. The number of hydrogen-bond acceptors (Lipinski definition) is 7. The lowest BCUT2D eigenvalue weighted by molar-refractivity contribution is -0.141. The van der Waals surface area contributed by atoms with Crippen LogP contribution in [0.5, 0.6) is 0 Å². The van der Waals surface area contributed by atoms with E-state index in [2.05, 4.69) is 33.9 Å². The van der Waals surface area contributed by atoms with Gasteiger partial charge in [0.1, 0.15) is 11.2 Å². The maximum atomic E-state index is 12.4. The zero-order valence-corrected chi connectivity index (χ0v) is 20.9. The summed E-state index contributed by atoms with van der Waals surface area (Å²) in [5.74, 6) is -0.198. The molecule has 0 saturated heterocycles. The molecule has 0 aliphatic rings. The number of carbonyl (C=O) groups is 3. The highest BCUT2D eigenvalue weighted by molar-refractivity contribution is 6.74. The first kappa shape index (κ1) is 27.4. The van der Waals surface area contributed by atoms with Crippen molar-refractivity contribution >= 4 is 26.3 Å². The predicted molar refractivity (Wildman–Crippen MR) is 113 cm³/mol. The molecule has 0 aromatic carbocycles. The number of carbonyl (C=O) groups excluding carboxylic acids is 3. The quantitative estimate of drug-likeness (QED) is 0.328. The maximum absolute atomic E-state index is 12.4. The zero-order valence-electron chi connectivity index (χ0n) is 19.9. The topological polar surface area (TPSA) is 91.4 Å². The minimum atomic E-state index is -2.06. The number of nitrogens with zero attached hydrogens (tertiary/aromatic N) is 1. The van der Waals surface area contributed by atoms with Crippen LogP contribution in [0.2, 0.25) is 18.1 Å². The molecule has 0 aromatic heterocycles. The van der Waals surface area contributed by atoms with Gasteiger partial charge in [0.05, 0.1) is 13.2 Å². The Balaban J connectivity index is 4.97. The highest BCUT2D eigenvalue weighted by Crippen LogP contribution is 2.36. The van der Waals surface area contributed by atoms with Crippen LogP contribution >= 0.6 is 0 Å². The Kier molecular flexibility index (Phi) is 9.38. The van der Waals surface area contributed by atoms with Crippen LogP contribution in [0.1, 0.15) is 68.7 Å². The Hall–Kier alpha value is -1.61. The number of hydroxylamine groups is 2. The molecule has 0 rings (SSSR count). The third-order valence-corrected chi connectivity index (χ3v) is 8.64. The molecule has 0 aromatic rings. The fourth-order valence-electron chi connectivity index (χ4n) is 1.62. The molecule has 0 unspecified atom stereocenters. The lowest BCUT2D eigenvalue weighted by atomic mass is 10.2. The number of rotatable bonds is 6. The molecule has 0 saturated carbocycles. The molecule has 0 aliphatic carbocycles. The summed E-state index contributed by atoms with van der Waals surface area (Å²) >= 11 is 0. The van der Waals surface area contributed by atoms with E-state index in [0.29, 0.717) is 5.06 Å². The average Bonchev–Trinajstić information content (AvgIpc) is 2.44. The minimum Gasteiger partial charge on any atom is -0.442 e. The molecule has 8 nitrogen and oxygen atoms in total. The van der Waals surface area contributed by atoms with Gasteiger partial charge in [-0.15, -0.1) is 5.06 Å². The number of ketones is 1. The minimum absolute atomic E-state index is 0.0182. The molecule has 0 radical (unpaired) electrons. The van der Waals surface area contributed by atoms with Gasteiger partial charge in [-0.05, 0) is 59.7 Å². The van der Waals surface area contributed by atoms with Crippen molar-refractivity contribution in [3.63, 3.8) is 0 Å². The first-order valence-electron chi connectivity index (χ1n) is 9.81. The zero-order chi connectivity index (χ0) is 23.3. The van der Waals surface area contributed by atoms with Gasteiger partial charge in [0.2, 0.25) is 0 Å². The molecule has 0 aliphatic heterocycles. The Morgan fingerprint density at radius 3 is 1.72 bits per heavy atom. The second-order valence-corrected chi connectivity index (χ2v) is 15.3. The molecule has 9 heteroatoms. The van der Waals surface area contributed by atoms with Crippen LogP contribution in [0.3, 0.4) is 0 Å². The van der Waals surface area contributed by atoms with Gasteiger partial charge >= 0.3 is 12.2 Å². The van der Waals surface area contributed by atoms with E-state index in [4.69, 9.17) is 18.7 Å². The number of hydrogen-bond donors (Lipinski definition) is 0. The largest absolute Gasteiger partial charge is 0.534 e. The molecule has 1 amide bonds. The molecule has 0 bridgehead atoms. The van der Waals surface area contributed by atoms with Crippen LogP contribution in [0.15, 0.2) is 0 Å².